The van der Waals surface area contributed by atoms with E-state index in [0.29, 0.717) is 12.3 Å². The van der Waals surface area contributed by atoms with Gasteiger partial charge in [-0.15, -0.1) is 11.8 Å². The molecule has 0 radical (unpaired) electrons. The summed E-state index contributed by atoms with van der Waals surface area (Å²) >= 11 is 5.08. The van der Waals surface area contributed by atoms with Crippen molar-refractivity contribution >= 4 is 33.6 Å². The molecule has 0 bridgehead atoms. The molecule has 1 saturated heterocycles. The van der Waals surface area contributed by atoms with Gasteiger partial charge in [-0.1, -0.05) is 22.0 Å². The summed E-state index contributed by atoms with van der Waals surface area (Å²) in [5, 5.41) is -0.191. The summed E-state index contributed by atoms with van der Waals surface area (Å²) in [6.07, 6.45) is -0.0977. The molecule has 1 heterocycles. The first kappa shape index (κ1) is 18.2. The van der Waals surface area contributed by atoms with Gasteiger partial charge < -0.3 is 9.64 Å². The number of carbonyl (C=O) groups is 1. The molecule has 0 aromatic heterocycles. The predicted molar refractivity (Wildman–Crippen MR) is 97.7 cm³/mol. The van der Waals surface area contributed by atoms with Gasteiger partial charge in [0.25, 0.3) is 0 Å². The average molecular weight is 428 g/mol. The van der Waals surface area contributed by atoms with E-state index in [1.165, 1.54) is 12.1 Å². The van der Waals surface area contributed by atoms with E-state index >= 15 is 0 Å². The Labute approximate surface area is 157 Å². The third-order valence-corrected chi connectivity index (χ3v) is 5.76. The lowest BCUT2D eigenvalue weighted by Gasteiger charge is -2.26. The topological polar surface area (TPSA) is 29.5 Å². The van der Waals surface area contributed by atoms with Crippen molar-refractivity contribution in [1.29, 1.82) is 0 Å². The van der Waals surface area contributed by atoms with Crippen LogP contribution in [0.25, 0.3) is 0 Å². The Hall–Kier alpha value is -1.60. The van der Waals surface area contributed by atoms with E-state index in [-0.39, 0.29) is 23.3 Å². The van der Waals surface area contributed by atoms with Crippen LogP contribution in [0.2, 0.25) is 0 Å². The number of amides is 1. The van der Waals surface area contributed by atoms with Crippen molar-refractivity contribution in [2.24, 2.45) is 0 Å². The molecule has 0 spiro atoms. The fourth-order valence-electron chi connectivity index (χ4n) is 2.81. The van der Waals surface area contributed by atoms with Crippen LogP contribution in [-0.4, -0.2) is 30.2 Å². The van der Waals surface area contributed by atoms with Crippen molar-refractivity contribution in [2.75, 3.05) is 19.4 Å². The molecular weight excluding hydrogens is 412 g/mol. The zero-order valence-electron chi connectivity index (χ0n) is 13.5. The summed E-state index contributed by atoms with van der Waals surface area (Å²) in [7, 11) is 1.59. The van der Waals surface area contributed by atoms with E-state index in [1.54, 1.807) is 23.8 Å². The van der Waals surface area contributed by atoms with Crippen LogP contribution in [0, 0.1) is 11.6 Å². The first-order chi connectivity index (χ1) is 12.0. The largest absolute Gasteiger partial charge is 0.496 e. The molecule has 1 aliphatic rings. The van der Waals surface area contributed by atoms with Crippen molar-refractivity contribution in [2.45, 2.75) is 11.8 Å². The highest BCUT2D eigenvalue weighted by atomic mass is 79.9. The number of carbonyl (C=O) groups excluding carboxylic acids is 1. The molecule has 1 unspecified atom stereocenters. The van der Waals surface area contributed by atoms with E-state index in [9.17, 15) is 13.6 Å². The van der Waals surface area contributed by atoms with E-state index in [2.05, 4.69) is 15.9 Å². The third-order valence-electron chi connectivity index (χ3n) is 4.03. The van der Waals surface area contributed by atoms with Gasteiger partial charge in [-0.3, -0.25) is 4.79 Å². The van der Waals surface area contributed by atoms with Gasteiger partial charge in [-0.25, -0.2) is 8.78 Å². The Morgan fingerprint density at radius 1 is 1.32 bits per heavy atom. The molecule has 1 amide bonds. The number of rotatable bonds is 4. The molecule has 0 N–H and O–H groups in total. The zero-order valence-corrected chi connectivity index (χ0v) is 15.9. The Kier molecular flexibility index (Phi) is 5.64. The van der Waals surface area contributed by atoms with Crippen molar-refractivity contribution < 1.29 is 18.3 Å². The van der Waals surface area contributed by atoms with Crippen LogP contribution in [0.1, 0.15) is 16.5 Å². The van der Waals surface area contributed by atoms with Crippen molar-refractivity contribution in [3.05, 3.63) is 63.6 Å². The number of thioether (sulfide) groups is 1. The molecule has 2 aromatic carbocycles. The zero-order chi connectivity index (χ0) is 18.0. The Morgan fingerprint density at radius 3 is 2.84 bits per heavy atom. The van der Waals surface area contributed by atoms with Gasteiger partial charge in [-0.2, -0.15) is 0 Å². The predicted octanol–water partition coefficient (Wildman–Crippen LogP) is 4.55. The molecule has 3 nitrogen and oxygen atoms in total. The molecule has 3 rings (SSSR count). The number of halogens is 3. The van der Waals surface area contributed by atoms with Crippen molar-refractivity contribution in [1.82, 2.24) is 4.90 Å². The number of benzene rings is 2. The second kappa shape index (κ2) is 7.74. The van der Waals surface area contributed by atoms with Crippen LogP contribution in [0.4, 0.5) is 8.78 Å². The standard InChI is InChI=1S/C18H16BrF2NO2S/c1-24-16-5-3-12(19)9-14(16)18-22(6-7-25-18)17(23)8-11-2-4-13(20)10-15(11)21/h2-5,9-10,18H,6-8H2,1H3. The summed E-state index contributed by atoms with van der Waals surface area (Å²) in [6, 6.07) is 8.94. The maximum atomic E-state index is 13.8. The number of ether oxygens (including phenoxy) is 1. The highest BCUT2D eigenvalue weighted by Gasteiger charge is 2.32. The van der Waals surface area contributed by atoms with Crippen LogP contribution in [0.5, 0.6) is 5.75 Å². The Balaban J connectivity index is 1.84. The van der Waals surface area contributed by atoms with Crippen molar-refractivity contribution in [3.63, 3.8) is 0 Å². The molecule has 0 aliphatic carbocycles. The fraction of sp³-hybridized carbons (Fsp3) is 0.278. The van der Waals surface area contributed by atoms with E-state index < -0.39 is 11.6 Å². The highest BCUT2D eigenvalue weighted by molar-refractivity contribution is 9.10. The number of hydrogen-bond donors (Lipinski definition) is 0. The van der Waals surface area contributed by atoms with Gasteiger partial charge in [-0.05, 0) is 29.8 Å². The second-order valence-corrected chi connectivity index (χ2v) is 7.71. The van der Waals surface area contributed by atoms with E-state index in [1.807, 2.05) is 18.2 Å². The maximum Gasteiger partial charge on any atom is 0.228 e. The normalized spacial score (nSPS) is 17.0. The minimum absolute atomic E-state index is 0.0977. The fourth-order valence-corrected chi connectivity index (χ4v) is 4.48. The van der Waals surface area contributed by atoms with Gasteiger partial charge in [0.1, 0.15) is 22.8 Å². The second-order valence-electron chi connectivity index (χ2n) is 5.61. The molecule has 1 atom stereocenters. The molecule has 25 heavy (non-hydrogen) atoms. The van der Waals surface area contributed by atoms with Crippen LogP contribution in [0.15, 0.2) is 40.9 Å². The molecule has 132 valence electrons. The smallest absolute Gasteiger partial charge is 0.228 e. The molecule has 1 fully saturated rings. The molecule has 0 saturated carbocycles. The monoisotopic (exact) mass is 427 g/mol. The lowest BCUT2D eigenvalue weighted by Crippen LogP contribution is -2.32. The lowest BCUT2D eigenvalue weighted by molar-refractivity contribution is -0.130. The highest BCUT2D eigenvalue weighted by Crippen LogP contribution is 2.43. The molecule has 7 heteroatoms. The quantitative estimate of drug-likeness (QED) is 0.716. The number of hydrogen-bond acceptors (Lipinski definition) is 3. The van der Waals surface area contributed by atoms with Crippen LogP contribution in [-0.2, 0) is 11.2 Å². The number of nitrogens with zero attached hydrogens (tertiary/aromatic N) is 1. The minimum atomic E-state index is -0.697. The van der Waals surface area contributed by atoms with Crippen LogP contribution >= 0.6 is 27.7 Å². The van der Waals surface area contributed by atoms with E-state index in [4.69, 9.17) is 4.74 Å². The maximum absolute atomic E-state index is 13.8. The third kappa shape index (κ3) is 3.98. The molecule has 1 aliphatic heterocycles. The van der Waals surface area contributed by atoms with Crippen LogP contribution < -0.4 is 4.74 Å². The number of methoxy groups -OCH3 is 1. The van der Waals surface area contributed by atoms with Gasteiger partial charge >= 0.3 is 0 Å². The van der Waals surface area contributed by atoms with Gasteiger partial charge in [0.2, 0.25) is 5.91 Å². The summed E-state index contributed by atoms with van der Waals surface area (Å²) in [5.41, 5.74) is 1.09. The van der Waals surface area contributed by atoms with Gasteiger partial charge in [0.05, 0.1) is 13.5 Å². The van der Waals surface area contributed by atoms with Crippen molar-refractivity contribution in [3.8, 4) is 5.75 Å². The summed E-state index contributed by atoms with van der Waals surface area (Å²) < 4.78 is 33.2. The van der Waals surface area contributed by atoms with Crippen LogP contribution in [0.3, 0.4) is 0 Å². The molecule has 2 aromatic rings. The van der Waals surface area contributed by atoms with Gasteiger partial charge in [0.15, 0.2) is 0 Å². The molecular formula is C18H16BrF2NO2S. The first-order valence-corrected chi connectivity index (χ1v) is 9.52. The average Bonchev–Trinajstić information content (AvgIpc) is 3.07. The first-order valence-electron chi connectivity index (χ1n) is 7.68. The Bertz CT molecular complexity index is 803. The SMILES string of the molecule is COc1ccc(Br)cc1C1SCCN1C(=O)Cc1ccc(F)cc1F. The summed E-state index contributed by atoms with van der Waals surface area (Å²) in [6.45, 7) is 0.576. The minimum Gasteiger partial charge on any atom is -0.496 e. The summed E-state index contributed by atoms with van der Waals surface area (Å²) in [5.74, 6) is -0.0484. The summed E-state index contributed by atoms with van der Waals surface area (Å²) in [4.78, 5) is 14.4. The Morgan fingerprint density at radius 2 is 2.12 bits per heavy atom. The van der Waals surface area contributed by atoms with Gasteiger partial charge in [0, 0.05) is 28.4 Å². The lowest BCUT2D eigenvalue weighted by atomic mass is 10.1. The van der Waals surface area contributed by atoms with E-state index in [0.717, 1.165) is 21.9 Å².